The minimum Gasteiger partial charge on any atom is -0.394 e. The molecule has 1 aromatic rings. The third-order valence-corrected chi connectivity index (χ3v) is 4.58. The van der Waals surface area contributed by atoms with Crippen LogP contribution in [0.3, 0.4) is 0 Å². The Morgan fingerprint density at radius 3 is 2.58 bits per heavy atom. The van der Waals surface area contributed by atoms with Gasteiger partial charge in [-0.25, -0.2) is 4.79 Å². The highest BCUT2D eigenvalue weighted by Crippen LogP contribution is 2.13. The van der Waals surface area contributed by atoms with Crippen LogP contribution < -0.4 is 10.6 Å². The summed E-state index contributed by atoms with van der Waals surface area (Å²) in [6, 6.07) is 8.26. The van der Waals surface area contributed by atoms with Gasteiger partial charge in [-0.2, -0.15) is 0 Å². The predicted octanol–water partition coefficient (Wildman–Crippen LogP) is 1.06. The van der Waals surface area contributed by atoms with Gasteiger partial charge in [0.05, 0.1) is 12.6 Å². The average molecular weight is 361 g/mol. The average Bonchev–Trinajstić information content (AvgIpc) is 2.90. The van der Waals surface area contributed by atoms with Crippen LogP contribution >= 0.6 is 0 Å². The fraction of sp³-hybridized carbons (Fsp3) is 0.526. The molecular formula is C19H27N3O4. The van der Waals surface area contributed by atoms with Crippen molar-refractivity contribution in [2.24, 2.45) is 5.92 Å². The van der Waals surface area contributed by atoms with Crippen LogP contribution in [0.15, 0.2) is 30.3 Å². The molecular weight excluding hydrogens is 334 g/mol. The fourth-order valence-electron chi connectivity index (χ4n) is 2.85. The number of aliphatic hydroxyl groups is 1. The van der Waals surface area contributed by atoms with E-state index in [-0.39, 0.29) is 43.2 Å². The molecule has 26 heavy (non-hydrogen) atoms. The zero-order chi connectivity index (χ0) is 19.1. The van der Waals surface area contributed by atoms with Crippen LogP contribution in [-0.4, -0.2) is 53.1 Å². The molecule has 0 bridgehead atoms. The van der Waals surface area contributed by atoms with E-state index in [0.717, 1.165) is 5.56 Å². The molecule has 1 fully saturated rings. The minimum absolute atomic E-state index is 0.116. The van der Waals surface area contributed by atoms with E-state index in [0.29, 0.717) is 13.0 Å². The van der Waals surface area contributed by atoms with E-state index < -0.39 is 12.1 Å². The molecule has 142 valence electrons. The lowest BCUT2D eigenvalue weighted by Crippen LogP contribution is -2.42. The van der Waals surface area contributed by atoms with E-state index in [9.17, 15) is 19.5 Å². The zero-order valence-electron chi connectivity index (χ0n) is 15.3. The number of benzene rings is 1. The Balaban J connectivity index is 1.81. The van der Waals surface area contributed by atoms with Crippen LogP contribution in [0.4, 0.5) is 4.79 Å². The van der Waals surface area contributed by atoms with E-state index >= 15 is 0 Å². The molecule has 2 atom stereocenters. The van der Waals surface area contributed by atoms with Gasteiger partial charge in [-0.05, 0) is 24.3 Å². The quantitative estimate of drug-likeness (QED) is 0.573. The van der Waals surface area contributed by atoms with Crippen molar-refractivity contribution >= 4 is 17.8 Å². The molecule has 0 spiro atoms. The molecule has 4 amide bonds. The van der Waals surface area contributed by atoms with Gasteiger partial charge < -0.3 is 15.7 Å². The monoisotopic (exact) mass is 361 g/mol. The maximum Gasteiger partial charge on any atom is 0.324 e. The highest BCUT2D eigenvalue weighted by Gasteiger charge is 2.37. The summed E-state index contributed by atoms with van der Waals surface area (Å²) in [5, 5.41) is 14.6. The highest BCUT2D eigenvalue weighted by molar-refractivity contribution is 6.04. The largest absolute Gasteiger partial charge is 0.394 e. The molecule has 7 nitrogen and oxygen atoms in total. The first kappa shape index (κ1) is 19.9. The third-order valence-electron chi connectivity index (χ3n) is 4.58. The predicted molar refractivity (Wildman–Crippen MR) is 97.3 cm³/mol. The van der Waals surface area contributed by atoms with E-state index in [4.69, 9.17) is 0 Å². The lowest BCUT2D eigenvalue weighted by molar-refractivity contribution is -0.127. The van der Waals surface area contributed by atoms with Gasteiger partial charge in [-0.3, -0.25) is 14.5 Å². The number of imide groups is 1. The summed E-state index contributed by atoms with van der Waals surface area (Å²) in [7, 11) is 0. The molecule has 2 rings (SSSR count). The lowest BCUT2D eigenvalue weighted by atomic mass is 10.0. The Kier molecular flexibility index (Phi) is 7.15. The van der Waals surface area contributed by atoms with E-state index in [1.807, 2.05) is 44.2 Å². The van der Waals surface area contributed by atoms with Crippen molar-refractivity contribution in [2.75, 3.05) is 13.2 Å². The molecule has 0 aliphatic carbocycles. The van der Waals surface area contributed by atoms with E-state index in [2.05, 4.69) is 10.6 Å². The van der Waals surface area contributed by atoms with Crippen LogP contribution in [0.5, 0.6) is 0 Å². The number of carbonyl (C=O) groups excluding carboxylic acids is 3. The first-order valence-corrected chi connectivity index (χ1v) is 8.98. The number of hydrogen-bond donors (Lipinski definition) is 3. The third kappa shape index (κ3) is 5.29. The first-order chi connectivity index (χ1) is 12.4. The smallest absolute Gasteiger partial charge is 0.324 e. The van der Waals surface area contributed by atoms with Crippen molar-refractivity contribution in [3.8, 4) is 0 Å². The number of hydrogen-bond acceptors (Lipinski definition) is 4. The summed E-state index contributed by atoms with van der Waals surface area (Å²) < 4.78 is 0. The number of aliphatic hydroxyl groups excluding tert-OH is 1. The Labute approximate surface area is 153 Å². The summed E-state index contributed by atoms with van der Waals surface area (Å²) in [5.74, 6) is -0.408. The molecule has 1 aliphatic rings. The van der Waals surface area contributed by atoms with Crippen LogP contribution in [0.2, 0.25) is 0 Å². The molecule has 1 heterocycles. The molecule has 0 radical (unpaired) electrons. The SMILES string of the molecule is CC(C)[C@H](CO)NC(=O)CC[C@@H]1NC(=O)N(CCc2ccccc2)C1=O. The Morgan fingerprint density at radius 2 is 1.96 bits per heavy atom. The van der Waals surface area contributed by atoms with E-state index in [1.54, 1.807) is 0 Å². The summed E-state index contributed by atoms with van der Waals surface area (Å²) in [5.41, 5.74) is 1.06. The molecule has 0 aromatic heterocycles. The number of carbonyl (C=O) groups is 3. The van der Waals surface area contributed by atoms with Crippen LogP contribution in [0.25, 0.3) is 0 Å². The number of rotatable bonds is 9. The number of nitrogens with zero attached hydrogens (tertiary/aromatic N) is 1. The van der Waals surface area contributed by atoms with Crippen molar-refractivity contribution < 1.29 is 19.5 Å². The maximum absolute atomic E-state index is 12.4. The summed E-state index contributed by atoms with van der Waals surface area (Å²) in [6.07, 6.45) is 0.959. The summed E-state index contributed by atoms with van der Waals surface area (Å²) >= 11 is 0. The van der Waals surface area contributed by atoms with Gasteiger partial charge in [-0.15, -0.1) is 0 Å². The van der Waals surface area contributed by atoms with E-state index in [1.165, 1.54) is 4.90 Å². The molecule has 1 saturated heterocycles. The second-order valence-electron chi connectivity index (χ2n) is 6.87. The fourth-order valence-corrected chi connectivity index (χ4v) is 2.85. The second-order valence-corrected chi connectivity index (χ2v) is 6.87. The van der Waals surface area contributed by atoms with Gasteiger partial charge >= 0.3 is 6.03 Å². The van der Waals surface area contributed by atoms with Gasteiger partial charge in [0, 0.05) is 13.0 Å². The maximum atomic E-state index is 12.4. The van der Waals surface area contributed by atoms with Gasteiger partial charge in [-0.1, -0.05) is 44.2 Å². The van der Waals surface area contributed by atoms with Crippen molar-refractivity contribution in [1.82, 2.24) is 15.5 Å². The Hall–Kier alpha value is -2.41. The highest BCUT2D eigenvalue weighted by atomic mass is 16.3. The van der Waals surface area contributed by atoms with Crippen molar-refractivity contribution in [3.63, 3.8) is 0 Å². The van der Waals surface area contributed by atoms with Crippen LogP contribution in [0, 0.1) is 5.92 Å². The van der Waals surface area contributed by atoms with Crippen molar-refractivity contribution in [1.29, 1.82) is 0 Å². The summed E-state index contributed by atoms with van der Waals surface area (Å²) in [6.45, 7) is 4.01. The second kappa shape index (κ2) is 9.33. The Morgan fingerprint density at radius 1 is 1.27 bits per heavy atom. The van der Waals surface area contributed by atoms with Gasteiger partial charge in [0.2, 0.25) is 5.91 Å². The summed E-state index contributed by atoms with van der Waals surface area (Å²) in [4.78, 5) is 37.6. The first-order valence-electron chi connectivity index (χ1n) is 8.98. The zero-order valence-corrected chi connectivity index (χ0v) is 15.3. The topological polar surface area (TPSA) is 98.7 Å². The molecule has 1 aromatic carbocycles. The lowest BCUT2D eigenvalue weighted by Gasteiger charge is -2.20. The number of nitrogens with one attached hydrogen (secondary N) is 2. The van der Waals surface area contributed by atoms with Gasteiger partial charge in [0.25, 0.3) is 5.91 Å². The molecule has 3 N–H and O–H groups in total. The van der Waals surface area contributed by atoms with Crippen molar-refractivity contribution in [2.45, 2.75) is 45.2 Å². The van der Waals surface area contributed by atoms with Gasteiger partial charge in [0.15, 0.2) is 0 Å². The molecule has 0 saturated carbocycles. The van der Waals surface area contributed by atoms with Crippen molar-refractivity contribution in [3.05, 3.63) is 35.9 Å². The molecule has 1 aliphatic heterocycles. The van der Waals surface area contributed by atoms with Crippen LogP contribution in [-0.2, 0) is 16.0 Å². The number of urea groups is 1. The number of amides is 4. The molecule has 7 heteroatoms. The Bertz CT molecular complexity index is 633. The van der Waals surface area contributed by atoms with Crippen LogP contribution in [0.1, 0.15) is 32.3 Å². The van der Waals surface area contributed by atoms with Gasteiger partial charge in [0.1, 0.15) is 6.04 Å². The molecule has 0 unspecified atom stereocenters. The minimum atomic E-state index is -0.671. The standard InChI is InChI=1S/C19H27N3O4/c1-13(2)16(12-23)20-17(24)9-8-15-18(25)22(19(26)21-15)11-10-14-6-4-3-5-7-14/h3-7,13,15-16,23H,8-12H2,1-2H3,(H,20,24)(H,21,26)/t15-,16-/m0/s1. The normalized spacial score (nSPS) is 18.2.